The molecule has 0 spiro atoms. The molecule has 1 aliphatic carbocycles. The second-order valence-electron chi connectivity index (χ2n) is 12.8. The molecule has 5 aromatic rings. The van der Waals surface area contributed by atoms with Crippen molar-refractivity contribution in [3.63, 3.8) is 0 Å². The highest BCUT2D eigenvalue weighted by Gasteiger charge is 2.18. The Morgan fingerprint density at radius 3 is 2.62 bits per heavy atom. The van der Waals surface area contributed by atoms with Gasteiger partial charge in [0.2, 0.25) is 0 Å². The smallest absolute Gasteiger partial charge is 0.125 e. The van der Waals surface area contributed by atoms with Crippen molar-refractivity contribution >= 4 is 33.1 Å². The highest BCUT2D eigenvalue weighted by molar-refractivity contribution is 6.02. The maximum absolute atomic E-state index is 14.8. The molecule has 6 rings (SSSR count). The number of benzene rings is 3. The Balaban J connectivity index is 1.31. The lowest BCUT2D eigenvalue weighted by Crippen LogP contribution is -2.20. The van der Waals surface area contributed by atoms with E-state index >= 15 is 0 Å². The van der Waals surface area contributed by atoms with E-state index in [4.69, 9.17) is 5.10 Å². The largest absolute Gasteiger partial charge is 0.384 e. The predicted octanol–water partition coefficient (Wildman–Crippen LogP) is 9.65. The van der Waals surface area contributed by atoms with Gasteiger partial charge in [0.1, 0.15) is 11.5 Å². The van der Waals surface area contributed by atoms with E-state index < -0.39 is 0 Å². The zero-order valence-corrected chi connectivity index (χ0v) is 27.7. The molecule has 47 heavy (non-hydrogen) atoms. The number of aromatic nitrogens is 3. The molecule has 1 fully saturated rings. The Bertz CT molecular complexity index is 1970. The van der Waals surface area contributed by atoms with Crippen LogP contribution in [0.3, 0.4) is 0 Å². The first-order valence-corrected chi connectivity index (χ1v) is 16.6. The summed E-state index contributed by atoms with van der Waals surface area (Å²) in [4.78, 5) is 5.67. The van der Waals surface area contributed by atoms with Gasteiger partial charge in [0.25, 0.3) is 0 Å². The van der Waals surface area contributed by atoms with Gasteiger partial charge in [0.15, 0.2) is 0 Å². The number of likely N-dealkylation sites (N-methyl/N-ethyl adjacent to an activating group) is 1. The number of fused-ring (bicyclic) bond motifs is 2. The van der Waals surface area contributed by atoms with E-state index in [1.54, 1.807) is 12.1 Å². The number of nitrogens with one attached hydrogen (secondary N) is 4. The molecule has 6 nitrogen and oxygen atoms in total. The summed E-state index contributed by atoms with van der Waals surface area (Å²) in [7, 11) is 4.05. The molecule has 0 saturated heterocycles. The summed E-state index contributed by atoms with van der Waals surface area (Å²) in [5.74, 6) is 0.242. The Labute approximate surface area is 277 Å². The standard InChI is InChI=1S/C40H45FN6/c1-6-27(21-32(7-2)43-26(3)28-12-9-8-10-13-28)29-16-17-38-36(23-29)40(46-45-38)39-25-35-34(14-11-15-37(35)44-39)30-20-31(41)24-33(22-30)42-18-19-47(4)5/h6-7,11,14-17,20-25,28,42-44H,2-3,8-10,12-13,18-19H2,1,4-5H3,(H,45,46)/b27-6+,32-21+. The molecule has 0 unspecified atom stereocenters. The van der Waals surface area contributed by atoms with Crippen LogP contribution < -0.4 is 10.6 Å². The molecule has 3 aromatic carbocycles. The average molecular weight is 629 g/mol. The second kappa shape index (κ2) is 14.3. The molecule has 1 aliphatic rings. The monoisotopic (exact) mass is 628 g/mol. The summed E-state index contributed by atoms with van der Waals surface area (Å²) in [5.41, 5.74) is 10.4. The number of nitrogens with zero attached hydrogens (tertiary/aromatic N) is 2. The van der Waals surface area contributed by atoms with Crippen LogP contribution in [0.1, 0.15) is 44.6 Å². The number of allylic oxidation sites excluding steroid dienone is 5. The molecule has 0 atom stereocenters. The fraction of sp³-hybridized carbons (Fsp3) is 0.275. The van der Waals surface area contributed by atoms with E-state index in [-0.39, 0.29) is 5.82 Å². The fourth-order valence-corrected chi connectivity index (χ4v) is 6.59. The molecule has 4 N–H and O–H groups in total. The first-order chi connectivity index (χ1) is 22.8. The SMILES string of the molecule is C=C/C(=C\C(=C/C)c1ccc2[nH]nc(-c3cc4c(-c5cc(F)cc(NCCN(C)C)c5)cccc4[nH]3)c2c1)NC(=C)C1CCCCC1. The van der Waals surface area contributed by atoms with Gasteiger partial charge in [-0.3, -0.25) is 5.10 Å². The van der Waals surface area contributed by atoms with Crippen LogP contribution >= 0.6 is 0 Å². The van der Waals surface area contributed by atoms with Crippen LogP contribution in [0, 0.1) is 11.7 Å². The van der Waals surface area contributed by atoms with Crippen LogP contribution in [0.15, 0.2) is 103 Å². The quantitative estimate of drug-likeness (QED) is 0.104. The zero-order valence-electron chi connectivity index (χ0n) is 27.7. The summed E-state index contributed by atoms with van der Waals surface area (Å²) in [6, 6.07) is 19.7. The predicted molar refractivity (Wildman–Crippen MR) is 197 cm³/mol. The van der Waals surface area contributed by atoms with Crippen LogP contribution in [-0.4, -0.2) is 47.3 Å². The summed E-state index contributed by atoms with van der Waals surface area (Å²) in [6.07, 6.45) is 12.4. The molecule has 242 valence electrons. The molecule has 0 radical (unpaired) electrons. The average Bonchev–Trinajstić information content (AvgIpc) is 3.70. The molecule has 7 heteroatoms. The van der Waals surface area contributed by atoms with Crippen molar-refractivity contribution in [2.45, 2.75) is 39.0 Å². The van der Waals surface area contributed by atoms with E-state index in [1.165, 1.54) is 32.1 Å². The molecular weight excluding hydrogens is 583 g/mol. The summed E-state index contributed by atoms with van der Waals surface area (Å²) < 4.78 is 14.8. The minimum Gasteiger partial charge on any atom is -0.384 e. The van der Waals surface area contributed by atoms with Gasteiger partial charge in [0.05, 0.1) is 11.2 Å². The normalized spacial score (nSPS) is 14.7. The number of rotatable bonds is 12. The fourth-order valence-electron chi connectivity index (χ4n) is 6.59. The zero-order chi connectivity index (χ0) is 32.9. The molecule has 0 bridgehead atoms. The maximum atomic E-state index is 14.8. The molecule has 1 saturated carbocycles. The van der Waals surface area contributed by atoms with Crippen molar-refractivity contribution in [1.29, 1.82) is 0 Å². The van der Waals surface area contributed by atoms with Gasteiger partial charge in [-0.15, -0.1) is 0 Å². The summed E-state index contributed by atoms with van der Waals surface area (Å²) >= 11 is 0. The summed E-state index contributed by atoms with van der Waals surface area (Å²) in [5, 5.41) is 16.9. The Morgan fingerprint density at radius 1 is 1.02 bits per heavy atom. The van der Waals surface area contributed by atoms with E-state index in [1.807, 2.05) is 44.4 Å². The molecule has 2 heterocycles. The van der Waals surface area contributed by atoms with Gasteiger partial charge in [-0.2, -0.15) is 5.10 Å². The van der Waals surface area contributed by atoms with Crippen molar-refractivity contribution in [3.05, 3.63) is 115 Å². The van der Waals surface area contributed by atoms with Crippen LogP contribution in [0.4, 0.5) is 10.1 Å². The van der Waals surface area contributed by atoms with Gasteiger partial charge >= 0.3 is 0 Å². The third-order valence-corrected chi connectivity index (χ3v) is 9.16. The maximum Gasteiger partial charge on any atom is 0.125 e. The van der Waals surface area contributed by atoms with Gasteiger partial charge < -0.3 is 20.5 Å². The molecule has 0 aliphatic heterocycles. The van der Waals surface area contributed by atoms with E-state index in [9.17, 15) is 4.39 Å². The van der Waals surface area contributed by atoms with Crippen LogP contribution in [0.2, 0.25) is 0 Å². The number of aromatic amines is 2. The lowest BCUT2D eigenvalue weighted by Gasteiger charge is -2.25. The van der Waals surface area contributed by atoms with E-state index in [0.717, 1.165) is 85.6 Å². The van der Waals surface area contributed by atoms with Crippen molar-refractivity contribution in [2.75, 3.05) is 32.5 Å². The Morgan fingerprint density at radius 2 is 1.85 bits per heavy atom. The Hall–Kier alpha value is -4.88. The van der Waals surface area contributed by atoms with E-state index in [2.05, 4.69) is 82.1 Å². The first-order valence-electron chi connectivity index (χ1n) is 16.6. The molecule has 2 aromatic heterocycles. The summed E-state index contributed by atoms with van der Waals surface area (Å²) in [6.45, 7) is 12.1. The molecular formula is C40H45FN6. The minimum absolute atomic E-state index is 0.268. The second-order valence-corrected chi connectivity index (χ2v) is 12.8. The number of H-pyrrole nitrogens is 2. The van der Waals surface area contributed by atoms with Gasteiger partial charge in [-0.05, 0) is 117 Å². The van der Waals surface area contributed by atoms with Crippen molar-refractivity contribution < 1.29 is 4.39 Å². The van der Waals surface area contributed by atoms with Crippen LogP contribution in [0.25, 0.3) is 49.9 Å². The van der Waals surface area contributed by atoms with Crippen molar-refractivity contribution in [2.24, 2.45) is 5.92 Å². The lowest BCUT2D eigenvalue weighted by molar-refractivity contribution is 0.393. The van der Waals surface area contributed by atoms with E-state index in [0.29, 0.717) is 5.92 Å². The van der Waals surface area contributed by atoms with Gasteiger partial charge in [0, 0.05) is 46.5 Å². The third kappa shape index (κ3) is 7.26. The van der Waals surface area contributed by atoms with Crippen molar-refractivity contribution in [1.82, 2.24) is 25.4 Å². The number of anilines is 1. The number of hydrogen-bond acceptors (Lipinski definition) is 4. The number of halogens is 1. The van der Waals surface area contributed by atoms with Crippen molar-refractivity contribution in [3.8, 4) is 22.5 Å². The number of hydrogen-bond donors (Lipinski definition) is 4. The first kappa shape index (κ1) is 32.1. The topological polar surface area (TPSA) is 71.8 Å². The highest BCUT2D eigenvalue weighted by atomic mass is 19.1. The van der Waals surface area contributed by atoms with Crippen LogP contribution in [-0.2, 0) is 0 Å². The van der Waals surface area contributed by atoms with Gasteiger partial charge in [-0.25, -0.2) is 4.39 Å². The third-order valence-electron chi connectivity index (χ3n) is 9.16. The Kier molecular flexibility index (Phi) is 9.73. The highest BCUT2D eigenvalue weighted by Crippen LogP contribution is 2.36. The van der Waals surface area contributed by atoms with Crippen LogP contribution in [0.5, 0.6) is 0 Å². The van der Waals surface area contributed by atoms with Gasteiger partial charge in [-0.1, -0.05) is 56.7 Å². The minimum atomic E-state index is -0.268. The molecule has 0 amide bonds. The lowest BCUT2D eigenvalue weighted by atomic mass is 9.87.